The molecule has 1 aliphatic heterocycles. The first-order chi connectivity index (χ1) is 9.90. The van der Waals surface area contributed by atoms with Gasteiger partial charge in [-0.1, -0.05) is 0 Å². The van der Waals surface area contributed by atoms with E-state index >= 15 is 0 Å². The Bertz CT molecular complexity index is 669. The maximum absolute atomic E-state index is 13.6. The number of rotatable bonds is 1. The Labute approximate surface area is 119 Å². The van der Waals surface area contributed by atoms with Gasteiger partial charge in [0.1, 0.15) is 5.82 Å². The first-order valence-electron chi connectivity index (χ1n) is 6.62. The van der Waals surface area contributed by atoms with Gasteiger partial charge < -0.3 is 0 Å². The van der Waals surface area contributed by atoms with Crippen LogP contribution >= 0.6 is 0 Å². The third-order valence-corrected chi connectivity index (χ3v) is 4.08. The highest BCUT2D eigenvalue weighted by molar-refractivity contribution is 6.28. The number of Topliss-reactive ketones (excluding diaryl/α,β-unsaturated/α-hetero) is 2. The number of nitrogens with one attached hydrogen (secondary N) is 1. The number of carbonyl (C=O) groups excluding carboxylic acids is 4. The predicted octanol–water partition coefficient (Wildman–Crippen LogP) is 1.18. The molecule has 6 heteroatoms. The average molecular weight is 289 g/mol. The van der Waals surface area contributed by atoms with Crippen LogP contribution in [0, 0.1) is 24.6 Å². The minimum absolute atomic E-state index is 0.0257. The number of halogens is 1. The molecule has 21 heavy (non-hydrogen) atoms. The first kappa shape index (κ1) is 13.6. The molecule has 0 spiro atoms. The fraction of sp³-hybridized carbons (Fsp3) is 0.333. The van der Waals surface area contributed by atoms with Crippen LogP contribution in [0.15, 0.2) is 12.1 Å². The van der Waals surface area contributed by atoms with Gasteiger partial charge in [-0.15, -0.1) is 0 Å². The number of imide groups is 1. The number of hydrogen-bond donors (Lipinski definition) is 1. The standard InChI is InChI=1S/C15H12FNO4/c1-6-4-8-9(5-10(6)16)14(20)12(13(8)19)7-2-3-11(18)17-15(7)21/h4-5,7,12H,2-3H2,1H3,(H,17,18,21)/t7-,12?/m0/s1. The number of hydrogen-bond acceptors (Lipinski definition) is 4. The summed E-state index contributed by atoms with van der Waals surface area (Å²) in [5.41, 5.74) is 0.463. The number of aryl methyl sites for hydroxylation is 1. The molecule has 0 bridgehead atoms. The summed E-state index contributed by atoms with van der Waals surface area (Å²) >= 11 is 0. The van der Waals surface area contributed by atoms with Crippen LogP contribution in [0.5, 0.6) is 0 Å². The molecule has 5 nitrogen and oxygen atoms in total. The highest BCUT2D eigenvalue weighted by atomic mass is 19.1. The van der Waals surface area contributed by atoms with Gasteiger partial charge in [0.2, 0.25) is 11.8 Å². The Morgan fingerprint density at radius 3 is 2.33 bits per heavy atom. The highest BCUT2D eigenvalue weighted by Gasteiger charge is 2.47. The van der Waals surface area contributed by atoms with Crippen LogP contribution in [0.4, 0.5) is 4.39 Å². The van der Waals surface area contributed by atoms with Gasteiger partial charge in [0.25, 0.3) is 0 Å². The maximum Gasteiger partial charge on any atom is 0.230 e. The summed E-state index contributed by atoms with van der Waals surface area (Å²) in [6.07, 6.45) is 0.249. The van der Waals surface area contributed by atoms with E-state index in [1.165, 1.54) is 13.0 Å². The Hall–Kier alpha value is -2.37. The van der Waals surface area contributed by atoms with E-state index in [9.17, 15) is 23.6 Å². The lowest BCUT2D eigenvalue weighted by atomic mass is 9.82. The molecule has 1 fully saturated rings. The number of ketones is 2. The van der Waals surface area contributed by atoms with Gasteiger partial charge in [0.15, 0.2) is 11.6 Å². The quantitative estimate of drug-likeness (QED) is 0.622. The zero-order chi connectivity index (χ0) is 15.3. The van der Waals surface area contributed by atoms with E-state index in [1.807, 2.05) is 0 Å². The van der Waals surface area contributed by atoms with Gasteiger partial charge in [0, 0.05) is 17.5 Å². The summed E-state index contributed by atoms with van der Waals surface area (Å²) in [4.78, 5) is 47.7. The maximum atomic E-state index is 13.6. The van der Waals surface area contributed by atoms with E-state index in [4.69, 9.17) is 0 Å². The van der Waals surface area contributed by atoms with Crippen LogP contribution in [-0.4, -0.2) is 23.4 Å². The van der Waals surface area contributed by atoms with Crippen LogP contribution in [0.3, 0.4) is 0 Å². The molecule has 1 aliphatic carbocycles. The zero-order valence-electron chi connectivity index (χ0n) is 11.2. The molecule has 0 saturated carbocycles. The molecule has 1 aromatic rings. The summed E-state index contributed by atoms with van der Waals surface area (Å²) in [5, 5.41) is 2.14. The Kier molecular flexibility index (Phi) is 2.97. The minimum atomic E-state index is -1.14. The fourth-order valence-corrected chi connectivity index (χ4v) is 2.94. The van der Waals surface area contributed by atoms with Crippen molar-refractivity contribution < 1.29 is 23.6 Å². The number of benzene rings is 1. The minimum Gasteiger partial charge on any atom is -0.296 e. The fourth-order valence-electron chi connectivity index (χ4n) is 2.94. The number of carbonyl (C=O) groups is 4. The predicted molar refractivity (Wildman–Crippen MR) is 69.2 cm³/mol. The number of fused-ring (bicyclic) bond motifs is 1. The molecule has 1 saturated heterocycles. The molecule has 2 aliphatic rings. The van der Waals surface area contributed by atoms with Crippen LogP contribution in [0.1, 0.15) is 39.1 Å². The van der Waals surface area contributed by atoms with Gasteiger partial charge in [-0.2, -0.15) is 0 Å². The van der Waals surface area contributed by atoms with Crippen molar-refractivity contribution >= 4 is 23.4 Å². The van der Waals surface area contributed by atoms with Crippen molar-refractivity contribution in [3.05, 3.63) is 34.6 Å². The molecule has 3 rings (SSSR count). The molecule has 0 aromatic heterocycles. The van der Waals surface area contributed by atoms with Crippen molar-refractivity contribution in [3.63, 3.8) is 0 Å². The van der Waals surface area contributed by atoms with Crippen molar-refractivity contribution in [2.45, 2.75) is 19.8 Å². The molecule has 108 valence electrons. The summed E-state index contributed by atoms with van der Waals surface area (Å²) < 4.78 is 13.6. The second kappa shape index (κ2) is 4.58. The molecule has 2 atom stereocenters. The lowest BCUT2D eigenvalue weighted by Crippen LogP contribution is -2.46. The van der Waals surface area contributed by atoms with Crippen LogP contribution in [0.2, 0.25) is 0 Å². The van der Waals surface area contributed by atoms with Crippen LogP contribution < -0.4 is 5.32 Å². The SMILES string of the molecule is Cc1cc2c(cc1F)C(=O)C([C@@H]1CCC(=O)NC1=O)C2=O. The van der Waals surface area contributed by atoms with Crippen molar-refractivity contribution in [2.24, 2.45) is 11.8 Å². The molecule has 0 radical (unpaired) electrons. The van der Waals surface area contributed by atoms with Crippen molar-refractivity contribution in [3.8, 4) is 0 Å². The summed E-state index contributed by atoms with van der Waals surface area (Å²) in [6, 6.07) is 2.40. The van der Waals surface area contributed by atoms with Gasteiger partial charge in [-0.3, -0.25) is 24.5 Å². The van der Waals surface area contributed by atoms with Crippen molar-refractivity contribution in [2.75, 3.05) is 0 Å². The molecule has 2 amide bonds. The first-order valence-corrected chi connectivity index (χ1v) is 6.62. The Morgan fingerprint density at radius 2 is 1.71 bits per heavy atom. The van der Waals surface area contributed by atoms with Crippen LogP contribution in [-0.2, 0) is 9.59 Å². The average Bonchev–Trinajstić information content (AvgIpc) is 2.64. The van der Waals surface area contributed by atoms with Gasteiger partial charge in [-0.25, -0.2) is 4.39 Å². The number of piperidine rings is 1. The Morgan fingerprint density at radius 1 is 1.10 bits per heavy atom. The highest BCUT2D eigenvalue weighted by Crippen LogP contribution is 2.36. The Balaban J connectivity index is 2.00. The third-order valence-electron chi connectivity index (χ3n) is 4.08. The van der Waals surface area contributed by atoms with E-state index in [0.717, 1.165) is 6.07 Å². The van der Waals surface area contributed by atoms with Crippen LogP contribution in [0.25, 0.3) is 0 Å². The second-order valence-electron chi connectivity index (χ2n) is 5.41. The second-order valence-corrected chi connectivity index (χ2v) is 5.41. The molecule has 1 aromatic carbocycles. The van der Waals surface area contributed by atoms with Gasteiger partial charge >= 0.3 is 0 Å². The summed E-state index contributed by atoms with van der Waals surface area (Å²) in [7, 11) is 0. The lowest BCUT2D eigenvalue weighted by molar-refractivity contribution is -0.137. The molecule has 1 heterocycles. The summed E-state index contributed by atoms with van der Waals surface area (Å²) in [6.45, 7) is 1.51. The van der Waals surface area contributed by atoms with Crippen molar-refractivity contribution in [1.29, 1.82) is 0 Å². The van der Waals surface area contributed by atoms with E-state index in [-0.39, 0.29) is 29.5 Å². The molecule has 1 N–H and O–H groups in total. The third kappa shape index (κ3) is 1.98. The lowest BCUT2D eigenvalue weighted by Gasteiger charge is -2.23. The van der Waals surface area contributed by atoms with Gasteiger partial charge in [0.05, 0.1) is 11.8 Å². The number of amides is 2. The smallest absolute Gasteiger partial charge is 0.230 e. The largest absolute Gasteiger partial charge is 0.296 e. The molecule has 1 unspecified atom stereocenters. The van der Waals surface area contributed by atoms with E-state index in [0.29, 0.717) is 0 Å². The van der Waals surface area contributed by atoms with E-state index < -0.39 is 41.0 Å². The van der Waals surface area contributed by atoms with Crippen molar-refractivity contribution in [1.82, 2.24) is 5.32 Å². The topological polar surface area (TPSA) is 80.3 Å². The summed E-state index contributed by atoms with van der Waals surface area (Å²) in [5.74, 6) is -4.58. The van der Waals surface area contributed by atoms with E-state index in [1.54, 1.807) is 0 Å². The zero-order valence-corrected chi connectivity index (χ0v) is 11.2. The normalized spacial score (nSPS) is 25.0. The van der Waals surface area contributed by atoms with Gasteiger partial charge in [-0.05, 0) is 31.0 Å². The monoisotopic (exact) mass is 289 g/mol. The molecular formula is C15H12FNO4. The van der Waals surface area contributed by atoms with E-state index in [2.05, 4.69) is 5.32 Å². The molecular weight excluding hydrogens is 277 g/mol.